The number of hydrogen-bond donors (Lipinski definition) is 1. The fourth-order valence-electron chi connectivity index (χ4n) is 1.89. The van der Waals surface area contributed by atoms with E-state index in [-0.39, 0.29) is 5.02 Å². The van der Waals surface area contributed by atoms with Crippen molar-refractivity contribution in [2.24, 2.45) is 0 Å². The third-order valence-electron chi connectivity index (χ3n) is 2.83. The van der Waals surface area contributed by atoms with Crippen molar-refractivity contribution in [3.8, 4) is 11.3 Å². The van der Waals surface area contributed by atoms with Crippen LogP contribution >= 0.6 is 11.6 Å². The van der Waals surface area contributed by atoms with Crippen LogP contribution in [0.3, 0.4) is 0 Å². The summed E-state index contributed by atoms with van der Waals surface area (Å²) in [7, 11) is 1.78. The van der Waals surface area contributed by atoms with E-state index in [1.54, 1.807) is 25.4 Å². The lowest BCUT2D eigenvalue weighted by molar-refractivity contribution is 0.628. The molecule has 19 heavy (non-hydrogen) atoms. The maximum atomic E-state index is 13.2. The minimum Gasteiger partial charge on any atom is -0.370 e. The number of fused-ring (bicyclic) bond motifs is 1. The maximum absolute atomic E-state index is 13.2. The molecule has 96 valence electrons. The highest BCUT2D eigenvalue weighted by Crippen LogP contribution is 2.25. The molecule has 0 saturated carbocycles. The van der Waals surface area contributed by atoms with Crippen LogP contribution < -0.4 is 5.32 Å². The van der Waals surface area contributed by atoms with Gasteiger partial charge in [-0.2, -0.15) is 0 Å². The summed E-state index contributed by atoms with van der Waals surface area (Å²) in [5.74, 6) is 0.214. The van der Waals surface area contributed by atoms with E-state index >= 15 is 0 Å². The Kier molecular flexibility index (Phi) is 2.83. The standard InChI is InChI=1S/C13H10ClFN4/c1-16-12-13-17-4-5-19(13)7-11(18-12)8-2-3-10(15)9(14)6-8/h2-7H,1H3,(H,16,18). The number of imidazole rings is 1. The number of nitrogens with zero attached hydrogens (tertiary/aromatic N) is 3. The number of anilines is 1. The van der Waals surface area contributed by atoms with Crippen molar-refractivity contribution >= 4 is 23.1 Å². The SMILES string of the molecule is CNc1nc(-c2ccc(F)c(Cl)c2)cn2ccnc12. The smallest absolute Gasteiger partial charge is 0.180 e. The summed E-state index contributed by atoms with van der Waals surface area (Å²) in [6.45, 7) is 0. The van der Waals surface area contributed by atoms with Gasteiger partial charge in [0.15, 0.2) is 11.5 Å². The molecule has 0 radical (unpaired) electrons. The number of nitrogens with one attached hydrogen (secondary N) is 1. The van der Waals surface area contributed by atoms with Crippen molar-refractivity contribution < 1.29 is 4.39 Å². The zero-order valence-corrected chi connectivity index (χ0v) is 10.8. The third-order valence-corrected chi connectivity index (χ3v) is 3.12. The van der Waals surface area contributed by atoms with Gasteiger partial charge in [-0.25, -0.2) is 14.4 Å². The van der Waals surface area contributed by atoms with Crippen LogP contribution in [0.4, 0.5) is 10.2 Å². The zero-order chi connectivity index (χ0) is 13.4. The van der Waals surface area contributed by atoms with Crippen molar-refractivity contribution in [2.75, 3.05) is 12.4 Å². The summed E-state index contributed by atoms with van der Waals surface area (Å²) in [5.41, 5.74) is 2.18. The van der Waals surface area contributed by atoms with Gasteiger partial charge >= 0.3 is 0 Å². The van der Waals surface area contributed by atoms with Crippen LogP contribution in [0.15, 0.2) is 36.8 Å². The first-order valence-corrected chi connectivity index (χ1v) is 6.03. The second kappa shape index (κ2) is 4.51. The highest BCUT2D eigenvalue weighted by Gasteiger charge is 2.09. The minimum absolute atomic E-state index is 0.0797. The number of halogens is 2. The van der Waals surface area contributed by atoms with E-state index in [1.165, 1.54) is 6.07 Å². The molecule has 0 fully saturated rings. The fraction of sp³-hybridized carbons (Fsp3) is 0.0769. The molecule has 4 nitrogen and oxygen atoms in total. The second-order valence-electron chi connectivity index (χ2n) is 4.01. The average molecular weight is 277 g/mol. The molecule has 0 saturated heterocycles. The van der Waals surface area contributed by atoms with E-state index in [4.69, 9.17) is 11.6 Å². The maximum Gasteiger partial charge on any atom is 0.180 e. The Labute approximate surface area is 113 Å². The molecule has 2 aromatic heterocycles. The van der Waals surface area contributed by atoms with Gasteiger partial charge in [0.05, 0.1) is 10.7 Å². The summed E-state index contributed by atoms with van der Waals surface area (Å²) in [6, 6.07) is 4.53. The van der Waals surface area contributed by atoms with Crippen LogP contribution in [0.25, 0.3) is 16.9 Å². The molecule has 0 aliphatic rings. The summed E-state index contributed by atoms with van der Waals surface area (Å²) < 4.78 is 15.0. The molecule has 0 aliphatic heterocycles. The first-order valence-electron chi connectivity index (χ1n) is 5.66. The van der Waals surface area contributed by atoms with Crippen molar-refractivity contribution in [1.29, 1.82) is 0 Å². The lowest BCUT2D eigenvalue weighted by Crippen LogP contribution is -1.99. The van der Waals surface area contributed by atoms with Gasteiger partial charge in [0, 0.05) is 31.2 Å². The van der Waals surface area contributed by atoms with Gasteiger partial charge in [0.25, 0.3) is 0 Å². The van der Waals surface area contributed by atoms with E-state index in [2.05, 4.69) is 15.3 Å². The van der Waals surface area contributed by atoms with Gasteiger partial charge in [-0.1, -0.05) is 11.6 Å². The Morgan fingerprint density at radius 3 is 2.95 bits per heavy atom. The molecule has 6 heteroatoms. The lowest BCUT2D eigenvalue weighted by Gasteiger charge is -2.07. The molecule has 0 unspecified atom stereocenters. The number of rotatable bonds is 2. The van der Waals surface area contributed by atoms with E-state index in [9.17, 15) is 4.39 Å². The molecule has 0 amide bonds. The number of aromatic nitrogens is 3. The normalized spacial score (nSPS) is 10.9. The average Bonchev–Trinajstić information content (AvgIpc) is 2.89. The summed E-state index contributed by atoms with van der Waals surface area (Å²) in [6.07, 6.45) is 5.35. The van der Waals surface area contributed by atoms with Crippen molar-refractivity contribution in [3.05, 3.63) is 47.6 Å². The predicted molar refractivity (Wildman–Crippen MR) is 72.9 cm³/mol. The molecular formula is C13H10ClFN4. The van der Waals surface area contributed by atoms with Crippen LogP contribution in [0.5, 0.6) is 0 Å². The molecule has 0 bridgehead atoms. The van der Waals surface area contributed by atoms with Gasteiger partial charge in [-0.05, 0) is 18.2 Å². The largest absolute Gasteiger partial charge is 0.370 e. The number of benzene rings is 1. The predicted octanol–water partition coefficient (Wildman–Crippen LogP) is 3.23. The van der Waals surface area contributed by atoms with Crippen LogP contribution in [-0.2, 0) is 0 Å². The molecule has 1 aromatic carbocycles. The molecule has 0 aliphatic carbocycles. The monoisotopic (exact) mass is 276 g/mol. The van der Waals surface area contributed by atoms with Gasteiger partial charge in [-0.15, -0.1) is 0 Å². The van der Waals surface area contributed by atoms with Crippen molar-refractivity contribution in [2.45, 2.75) is 0 Å². The molecular weight excluding hydrogens is 267 g/mol. The molecule has 2 heterocycles. The Morgan fingerprint density at radius 2 is 2.21 bits per heavy atom. The molecule has 0 atom stereocenters. The van der Waals surface area contributed by atoms with E-state index < -0.39 is 5.82 Å². The zero-order valence-electron chi connectivity index (χ0n) is 10.1. The van der Waals surface area contributed by atoms with Crippen LogP contribution in [-0.4, -0.2) is 21.4 Å². The summed E-state index contributed by atoms with van der Waals surface area (Å²) in [5, 5.41) is 3.07. The van der Waals surface area contributed by atoms with E-state index in [1.807, 2.05) is 16.8 Å². The second-order valence-corrected chi connectivity index (χ2v) is 4.42. The fourth-order valence-corrected chi connectivity index (χ4v) is 2.07. The molecule has 1 N–H and O–H groups in total. The number of hydrogen-bond acceptors (Lipinski definition) is 3. The molecule has 3 rings (SSSR count). The minimum atomic E-state index is -0.442. The van der Waals surface area contributed by atoms with Crippen molar-refractivity contribution in [3.63, 3.8) is 0 Å². The van der Waals surface area contributed by atoms with Crippen LogP contribution in [0.2, 0.25) is 5.02 Å². The van der Waals surface area contributed by atoms with Gasteiger partial charge < -0.3 is 9.72 Å². The Morgan fingerprint density at radius 1 is 1.37 bits per heavy atom. The third kappa shape index (κ3) is 2.02. The Hall–Kier alpha value is -2.14. The van der Waals surface area contributed by atoms with Crippen LogP contribution in [0, 0.1) is 5.82 Å². The first-order chi connectivity index (χ1) is 9.19. The quantitative estimate of drug-likeness (QED) is 0.781. The van der Waals surface area contributed by atoms with Crippen LogP contribution in [0.1, 0.15) is 0 Å². The van der Waals surface area contributed by atoms with Gasteiger partial charge in [0.1, 0.15) is 5.82 Å². The summed E-state index contributed by atoms with van der Waals surface area (Å²) >= 11 is 5.80. The molecule has 0 spiro atoms. The van der Waals surface area contributed by atoms with E-state index in [0.717, 1.165) is 11.2 Å². The summed E-state index contributed by atoms with van der Waals surface area (Å²) in [4.78, 5) is 8.66. The lowest BCUT2D eigenvalue weighted by atomic mass is 10.1. The highest BCUT2D eigenvalue weighted by molar-refractivity contribution is 6.31. The topological polar surface area (TPSA) is 42.2 Å². The van der Waals surface area contributed by atoms with Gasteiger partial charge in [-0.3, -0.25) is 0 Å². The van der Waals surface area contributed by atoms with Gasteiger partial charge in [0.2, 0.25) is 0 Å². The Bertz CT molecular complexity index is 753. The Balaban J connectivity index is 2.21. The van der Waals surface area contributed by atoms with E-state index in [0.29, 0.717) is 11.5 Å². The van der Waals surface area contributed by atoms with Crippen molar-refractivity contribution in [1.82, 2.24) is 14.4 Å². The first kappa shape index (κ1) is 11.9. The molecule has 3 aromatic rings. The highest BCUT2D eigenvalue weighted by atomic mass is 35.5.